The summed E-state index contributed by atoms with van der Waals surface area (Å²) in [5.41, 5.74) is 0.895. The van der Waals surface area contributed by atoms with E-state index in [0.717, 1.165) is 11.0 Å². The summed E-state index contributed by atoms with van der Waals surface area (Å²) in [5, 5.41) is 2.77. The van der Waals surface area contributed by atoms with Crippen molar-refractivity contribution in [2.24, 2.45) is 0 Å². The Bertz CT molecular complexity index is 677. The van der Waals surface area contributed by atoms with Crippen LogP contribution in [0.15, 0.2) is 17.7 Å². The lowest BCUT2D eigenvalue weighted by atomic mass is 9.77. The van der Waals surface area contributed by atoms with Crippen molar-refractivity contribution in [1.82, 2.24) is 10.3 Å². The highest BCUT2D eigenvalue weighted by atomic mass is 16.7. The number of hydrogen-bond acceptors (Lipinski definition) is 5. The highest BCUT2D eigenvalue weighted by molar-refractivity contribution is 6.56. The minimum absolute atomic E-state index is 0.147. The molecule has 0 atom stereocenters. The van der Waals surface area contributed by atoms with Gasteiger partial charge in [-0.25, -0.2) is 4.79 Å². The van der Waals surface area contributed by atoms with Gasteiger partial charge in [-0.2, -0.15) is 0 Å². The number of carbonyl (C=O) groups excluding carboxylic acids is 2. The SMILES string of the molecule is COC(=O)c1cc(C=C(CNC(C)=O)B2OC(C)(C)C(C)(C)O2)c[nH]1. The van der Waals surface area contributed by atoms with Crippen LogP contribution in [0.2, 0.25) is 0 Å². The van der Waals surface area contributed by atoms with Crippen molar-refractivity contribution in [3.8, 4) is 0 Å². The van der Waals surface area contributed by atoms with Crippen LogP contribution in [0, 0.1) is 0 Å². The fourth-order valence-corrected chi connectivity index (χ4v) is 2.36. The number of aromatic amines is 1. The molecule has 7 nitrogen and oxygen atoms in total. The van der Waals surface area contributed by atoms with Gasteiger partial charge in [-0.05, 0) is 44.8 Å². The van der Waals surface area contributed by atoms with Crippen LogP contribution in [0.5, 0.6) is 0 Å². The summed E-state index contributed by atoms with van der Waals surface area (Å²) >= 11 is 0. The van der Waals surface area contributed by atoms with Gasteiger partial charge in [-0.1, -0.05) is 6.08 Å². The average Bonchev–Trinajstić information content (AvgIpc) is 3.05. The first-order valence-electron chi connectivity index (χ1n) is 8.13. The average molecular weight is 348 g/mol. The molecule has 0 unspecified atom stereocenters. The zero-order valence-electron chi connectivity index (χ0n) is 15.6. The van der Waals surface area contributed by atoms with E-state index in [9.17, 15) is 9.59 Å². The summed E-state index contributed by atoms with van der Waals surface area (Å²) in [4.78, 5) is 25.8. The van der Waals surface area contributed by atoms with Crippen molar-refractivity contribution >= 4 is 25.1 Å². The van der Waals surface area contributed by atoms with Crippen molar-refractivity contribution in [2.75, 3.05) is 13.7 Å². The molecule has 25 heavy (non-hydrogen) atoms. The van der Waals surface area contributed by atoms with Crippen molar-refractivity contribution in [2.45, 2.75) is 45.8 Å². The third-order valence-corrected chi connectivity index (χ3v) is 4.56. The van der Waals surface area contributed by atoms with Gasteiger partial charge in [0.1, 0.15) is 5.69 Å². The van der Waals surface area contributed by atoms with Gasteiger partial charge in [-0.15, -0.1) is 0 Å². The van der Waals surface area contributed by atoms with Crippen LogP contribution in [-0.4, -0.2) is 48.8 Å². The van der Waals surface area contributed by atoms with Crippen molar-refractivity contribution in [1.29, 1.82) is 0 Å². The lowest BCUT2D eigenvalue weighted by Crippen LogP contribution is -2.41. The zero-order valence-corrected chi connectivity index (χ0v) is 15.6. The Morgan fingerprint density at radius 3 is 2.40 bits per heavy atom. The fourth-order valence-electron chi connectivity index (χ4n) is 2.36. The first-order valence-corrected chi connectivity index (χ1v) is 8.13. The lowest BCUT2D eigenvalue weighted by molar-refractivity contribution is -0.118. The zero-order chi connectivity index (χ0) is 18.8. The second-order valence-electron chi connectivity index (χ2n) is 7.06. The van der Waals surface area contributed by atoms with E-state index in [2.05, 4.69) is 10.3 Å². The van der Waals surface area contributed by atoms with E-state index >= 15 is 0 Å². The Morgan fingerprint density at radius 2 is 1.88 bits per heavy atom. The quantitative estimate of drug-likeness (QED) is 0.627. The molecule has 2 rings (SSSR count). The molecule has 136 valence electrons. The van der Waals surface area contributed by atoms with Crippen molar-refractivity contribution < 1.29 is 23.6 Å². The van der Waals surface area contributed by atoms with E-state index in [0.29, 0.717) is 5.69 Å². The van der Waals surface area contributed by atoms with Crippen LogP contribution in [0.25, 0.3) is 6.08 Å². The van der Waals surface area contributed by atoms with E-state index < -0.39 is 24.3 Å². The van der Waals surface area contributed by atoms with Crippen LogP contribution in [0.4, 0.5) is 0 Å². The first kappa shape index (κ1) is 19.3. The second-order valence-corrected chi connectivity index (χ2v) is 7.06. The molecule has 1 aromatic rings. The van der Waals surface area contributed by atoms with Crippen LogP contribution < -0.4 is 5.32 Å². The van der Waals surface area contributed by atoms with E-state index in [4.69, 9.17) is 14.0 Å². The molecule has 0 spiro atoms. The van der Waals surface area contributed by atoms with Gasteiger partial charge in [0.05, 0.1) is 18.3 Å². The van der Waals surface area contributed by atoms with Gasteiger partial charge in [0.15, 0.2) is 0 Å². The molecule has 1 fully saturated rings. The van der Waals surface area contributed by atoms with Gasteiger partial charge in [0.25, 0.3) is 0 Å². The van der Waals surface area contributed by atoms with E-state index in [1.807, 2.05) is 33.8 Å². The Hall–Kier alpha value is -2.06. The summed E-state index contributed by atoms with van der Waals surface area (Å²) in [6.07, 6.45) is 3.52. The van der Waals surface area contributed by atoms with Crippen LogP contribution in [0.3, 0.4) is 0 Å². The highest BCUT2D eigenvalue weighted by Gasteiger charge is 2.52. The summed E-state index contributed by atoms with van der Waals surface area (Å²) in [7, 11) is 0.735. The molecule has 1 aliphatic rings. The minimum Gasteiger partial charge on any atom is -0.464 e. The number of hydrogen-bond donors (Lipinski definition) is 2. The van der Waals surface area contributed by atoms with Crippen LogP contribution >= 0.6 is 0 Å². The predicted octanol–water partition coefficient (Wildman–Crippen LogP) is 1.95. The molecule has 2 N–H and O–H groups in total. The Morgan fingerprint density at radius 1 is 1.28 bits per heavy atom. The Kier molecular flexibility index (Phi) is 5.44. The molecule has 8 heteroatoms. The number of methoxy groups -OCH3 is 1. The molecule has 0 aromatic carbocycles. The Balaban J connectivity index is 2.28. The molecule has 0 bridgehead atoms. The number of nitrogens with one attached hydrogen (secondary N) is 2. The van der Waals surface area contributed by atoms with Gasteiger partial charge in [-0.3, -0.25) is 4.79 Å². The number of rotatable bonds is 5. The number of amides is 1. The molecule has 2 heterocycles. The third kappa shape index (κ3) is 4.32. The lowest BCUT2D eigenvalue weighted by Gasteiger charge is -2.32. The maximum absolute atomic E-state index is 11.6. The molecular weight excluding hydrogens is 323 g/mol. The van der Waals surface area contributed by atoms with Crippen molar-refractivity contribution in [3.63, 3.8) is 0 Å². The number of carbonyl (C=O) groups is 2. The first-order chi connectivity index (χ1) is 11.6. The molecule has 0 radical (unpaired) electrons. The maximum Gasteiger partial charge on any atom is 0.492 e. The fraction of sp³-hybridized carbons (Fsp3) is 0.529. The standard InChI is InChI=1S/C17H25BN2O5/c1-11(21)19-10-13(18-24-16(2,3)17(4,5)25-18)7-12-8-14(20-9-12)15(22)23-6/h7-9,20H,10H2,1-6H3,(H,19,21). The maximum atomic E-state index is 11.6. The van der Waals surface area contributed by atoms with Crippen molar-refractivity contribution in [3.05, 3.63) is 29.0 Å². The summed E-state index contributed by atoms with van der Waals surface area (Å²) in [6, 6.07) is 1.67. The summed E-state index contributed by atoms with van der Waals surface area (Å²) in [6.45, 7) is 9.60. The Labute approximate surface area is 148 Å². The minimum atomic E-state index is -0.590. The largest absolute Gasteiger partial charge is 0.492 e. The topological polar surface area (TPSA) is 89.7 Å². The number of aromatic nitrogens is 1. The summed E-state index contributed by atoms with van der Waals surface area (Å²) < 4.78 is 16.8. The van der Waals surface area contributed by atoms with E-state index in [1.54, 1.807) is 12.3 Å². The van der Waals surface area contributed by atoms with Gasteiger partial charge >= 0.3 is 13.1 Å². The molecule has 1 amide bonds. The highest BCUT2D eigenvalue weighted by Crippen LogP contribution is 2.38. The van der Waals surface area contributed by atoms with E-state index in [1.165, 1.54) is 14.0 Å². The number of esters is 1. The number of H-pyrrole nitrogens is 1. The van der Waals surface area contributed by atoms with Gasteiger partial charge in [0, 0.05) is 19.7 Å². The predicted molar refractivity (Wildman–Crippen MR) is 94.9 cm³/mol. The monoisotopic (exact) mass is 348 g/mol. The molecule has 0 saturated carbocycles. The third-order valence-electron chi connectivity index (χ3n) is 4.56. The van der Waals surface area contributed by atoms with E-state index in [-0.39, 0.29) is 12.5 Å². The normalized spacial score (nSPS) is 19.0. The van der Waals surface area contributed by atoms with Gasteiger partial charge < -0.3 is 24.3 Å². The van der Waals surface area contributed by atoms with Crippen LogP contribution in [-0.2, 0) is 18.8 Å². The second kappa shape index (κ2) is 7.05. The summed E-state index contributed by atoms with van der Waals surface area (Å²) in [5.74, 6) is -0.592. The molecule has 1 saturated heterocycles. The smallest absolute Gasteiger partial charge is 0.464 e. The molecule has 1 aromatic heterocycles. The van der Waals surface area contributed by atoms with Gasteiger partial charge in [0.2, 0.25) is 5.91 Å². The molecule has 0 aliphatic carbocycles. The van der Waals surface area contributed by atoms with Crippen LogP contribution in [0.1, 0.15) is 50.7 Å². The molecule has 1 aliphatic heterocycles. The molecular formula is C17H25BN2O5. The number of ether oxygens (including phenoxy) is 1.